The van der Waals surface area contributed by atoms with Gasteiger partial charge in [0.1, 0.15) is 0 Å². The van der Waals surface area contributed by atoms with E-state index in [9.17, 15) is 0 Å². The minimum atomic E-state index is 0.149. The van der Waals surface area contributed by atoms with Gasteiger partial charge in [-0.25, -0.2) is 0 Å². The molecule has 1 N–H and O–H groups in total. The Morgan fingerprint density at radius 2 is 0.344 bits per heavy atom. The van der Waals surface area contributed by atoms with Crippen LogP contribution in [0.2, 0.25) is 0 Å². The van der Waals surface area contributed by atoms with Crippen molar-refractivity contribution in [1.82, 2.24) is 0 Å². The van der Waals surface area contributed by atoms with E-state index in [1.54, 1.807) is 0 Å². The summed E-state index contributed by atoms with van der Waals surface area (Å²) in [5.41, 5.74) is 17.9. The average molecular weight is 835 g/mol. The zero-order valence-corrected chi connectivity index (χ0v) is 42.6. The molecule has 0 aromatic heterocycles. The van der Waals surface area contributed by atoms with Crippen molar-refractivity contribution in [2.24, 2.45) is 0 Å². The maximum Gasteiger partial charge on any atom is 0.0614 e. The van der Waals surface area contributed by atoms with Crippen molar-refractivity contribution in [2.45, 2.75) is 231 Å². The molecule has 0 radical (unpaired) electrons. The molecule has 0 amide bonds. The molecule has 0 atom stereocenters. The molecule has 0 unspecified atom stereocenters. The van der Waals surface area contributed by atoms with Gasteiger partial charge < -0.3 is 5.11 Å². The molecule has 0 heterocycles. The van der Waals surface area contributed by atoms with Gasteiger partial charge in [-0.3, -0.25) is 0 Å². The third-order valence-corrected chi connectivity index (χ3v) is 11.8. The van der Waals surface area contributed by atoms with Gasteiger partial charge in [0.05, 0.1) is 6.61 Å². The van der Waals surface area contributed by atoms with Gasteiger partial charge in [0.25, 0.3) is 0 Å². The summed E-state index contributed by atoms with van der Waals surface area (Å²) in [5, 5.41) is 9.00. The number of rotatable bonds is 34. The summed E-state index contributed by atoms with van der Waals surface area (Å²) in [6, 6.07) is 0. The monoisotopic (exact) mass is 835 g/mol. The zero-order valence-electron chi connectivity index (χ0n) is 42.6. The molecule has 0 aliphatic carbocycles. The molecule has 0 saturated carbocycles. The fraction of sp³-hybridized carbons (Fsp3) is 0.600. The third-order valence-electron chi connectivity index (χ3n) is 11.8. The summed E-state index contributed by atoms with van der Waals surface area (Å²) in [6.07, 6.45) is 54.1. The van der Waals surface area contributed by atoms with Gasteiger partial charge in [-0.1, -0.05) is 140 Å². The fourth-order valence-corrected chi connectivity index (χ4v) is 7.33. The zero-order chi connectivity index (χ0) is 45.7. The molecule has 0 aromatic carbocycles. The first kappa shape index (κ1) is 57.8. The topological polar surface area (TPSA) is 20.2 Å². The van der Waals surface area contributed by atoms with Gasteiger partial charge in [-0.05, 0) is 231 Å². The highest BCUT2D eigenvalue weighted by Crippen LogP contribution is 2.19. The molecule has 0 saturated heterocycles. The molecule has 0 bridgehead atoms. The molecule has 0 fully saturated rings. The molecule has 344 valence electrons. The van der Waals surface area contributed by atoms with Gasteiger partial charge in [-0.15, -0.1) is 0 Å². The summed E-state index contributed by atoms with van der Waals surface area (Å²) in [6.45, 7) is 29.6. The standard InChI is InChI=1S/C60H98O/c1-49(2)25-14-26-50(3)27-15-28-51(4)29-16-30-52(5)31-17-32-53(6)33-18-34-54(7)35-19-36-55(8)37-20-38-56(9)39-21-40-57(10)41-22-42-58(11)43-23-44-59(12)45-24-46-60(13)47-48-61/h25,27,29,31,33,35,37,39,41,43,45,47,61H,14-24,26,28,30,32,34,36,38,40,42,44,46,48H2,1-13H3. The second-order valence-corrected chi connectivity index (χ2v) is 18.9. The van der Waals surface area contributed by atoms with Gasteiger partial charge in [-0.2, -0.15) is 0 Å². The first-order valence-corrected chi connectivity index (χ1v) is 24.6. The number of hydrogen-bond donors (Lipinski definition) is 1. The van der Waals surface area contributed by atoms with Crippen LogP contribution in [-0.4, -0.2) is 11.7 Å². The Morgan fingerprint density at radius 3 is 0.475 bits per heavy atom. The first-order chi connectivity index (χ1) is 29.1. The third kappa shape index (κ3) is 39.4. The molecule has 0 aliphatic rings. The highest BCUT2D eigenvalue weighted by molar-refractivity contribution is 5.12. The number of allylic oxidation sites excluding steroid dienone is 23. The van der Waals surface area contributed by atoms with E-state index in [0.717, 1.165) is 77.0 Å². The van der Waals surface area contributed by atoms with E-state index >= 15 is 0 Å². The summed E-state index contributed by atoms with van der Waals surface area (Å²) in [7, 11) is 0. The smallest absolute Gasteiger partial charge is 0.0614 e. The lowest BCUT2D eigenvalue weighted by Gasteiger charge is -2.04. The van der Waals surface area contributed by atoms with E-state index in [1.165, 1.54) is 131 Å². The summed E-state index contributed by atoms with van der Waals surface area (Å²) in [5.74, 6) is 0. The predicted octanol–water partition coefficient (Wildman–Crippen LogP) is 19.9. The van der Waals surface area contributed by atoms with Gasteiger partial charge in [0.15, 0.2) is 0 Å². The molecule has 0 rings (SSSR count). The minimum Gasteiger partial charge on any atom is -0.392 e. The van der Waals surface area contributed by atoms with Crippen molar-refractivity contribution in [3.63, 3.8) is 0 Å². The molecule has 0 aromatic rings. The Balaban J connectivity index is 4.28. The average Bonchev–Trinajstić information content (AvgIpc) is 3.18. The first-order valence-electron chi connectivity index (χ1n) is 24.6. The van der Waals surface area contributed by atoms with Crippen LogP contribution in [0.1, 0.15) is 231 Å². The van der Waals surface area contributed by atoms with E-state index in [4.69, 9.17) is 5.11 Å². The largest absolute Gasteiger partial charge is 0.392 e. The quantitative estimate of drug-likeness (QED) is 0.0640. The Hall–Kier alpha value is -3.16. The van der Waals surface area contributed by atoms with Gasteiger partial charge in [0.2, 0.25) is 0 Å². The van der Waals surface area contributed by atoms with Crippen LogP contribution < -0.4 is 0 Å². The van der Waals surface area contributed by atoms with E-state index in [2.05, 4.69) is 157 Å². The lowest BCUT2D eigenvalue weighted by atomic mass is 10.0. The highest BCUT2D eigenvalue weighted by Gasteiger charge is 1.99. The van der Waals surface area contributed by atoms with E-state index < -0.39 is 0 Å². The lowest BCUT2D eigenvalue weighted by molar-refractivity contribution is 0.341. The van der Waals surface area contributed by atoms with Crippen LogP contribution in [0.15, 0.2) is 140 Å². The second-order valence-electron chi connectivity index (χ2n) is 18.9. The van der Waals surface area contributed by atoms with Crippen LogP contribution in [0.4, 0.5) is 0 Å². The normalized spacial score (nSPS) is 15.0. The summed E-state index contributed by atoms with van der Waals surface area (Å²) >= 11 is 0. The number of aliphatic hydroxyl groups excluding tert-OH is 1. The van der Waals surface area contributed by atoms with Crippen LogP contribution in [0.3, 0.4) is 0 Å². The van der Waals surface area contributed by atoms with Crippen LogP contribution in [0.25, 0.3) is 0 Å². The van der Waals surface area contributed by atoms with Gasteiger partial charge >= 0.3 is 0 Å². The maximum absolute atomic E-state index is 9.00. The summed E-state index contributed by atoms with van der Waals surface area (Å²) < 4.78 is 0. The molecule has 1 nitrogen and oxygen atoms in total. The van der Waals surface area contributed by atoms with Crippen molar-refractivity contribution in [1.29, 1.82) is 0 Å². The van der Waals surface area contributed by atoms with Crippen LogP contribution in [-0.2, 0) is 0 Å². The van der Waals surface area contributed by atoms with Crippen molar-refractivity contribution in [2.75, 3.05) is 6.61 Å². The minimum absolute atomic E-state index is 0.149. The fourth-order valence-electron chi connectivity index (χ4n) is 7.33. The van der Waals surface area contributed by atoms with Crippen LogP contribution in [0, 0.1) is 0 Å². The Kier molecular flexibility index (Phi) is 36.5. The molecular weight excluding hydrogens is 737 g/mol. The highest BCUT2D eigenvalue weighted by atomic mass is 16.2. The summed E-state index contributed by atoms with van der Waals surface area (Å²) in [4.78, 5) is 0. The van der Waals surface area contributed by atoms with E-state index in [1.807, 2.05) is 6.08 Å². The van der Waals surface area contributed by atoms with E-state index in [-0.39, 0.29) is 6.61 Å². The Morgan fingerprint density at radius 1 is 0.213 bits per heavy atom. The maximum atomic E-state index is 9.00. The number of hydrogen-bond acceptors (Lipinski definition) is 1. The lowest BCUT2D eigenvalue weighted by Crippen LogP contribution is -1.84. The molecule has 0 aliphatic heterocycles. The van der Waals surface area contributed by atoms with Crippen molar-refractivity contribution < 1.29 is 5.11 Å². The van der Waals surface area contributed by atoms with Crippen molar-refractivity contribution in [3.8, 4) is 0 Å². The molecule has 1 heteroatoms. The van der Waals surface area contributed by atoms with Crippen LogP contribution in [0.5, 0.6) is 0 Å². The van der Waals surface area contributed by atoms with Crippen molar-refractivity contribution in [3.05, 3.63) is 140 Å². The predicted molar refractivity (Wildman–Crippen MR) is 279 cm³/mol. The SMILES string of the molecule is CC(C)=CCCC(C)=CCCC(C)=CCCC(C)=CCCC(C)=CCCC(C)=CCCC(C)=CCCC(C)=CCCC(C)=CCCC(C)=CCCC(C)=CCCC(C)=CCO. The Bertz CT molecular complexity index is 1570. The molecule has 61 heavy (non-hydrogen) atoms. The van der Waals surface area contributed by atoms with Crippen molar-refractivity contribution >= 4 is 0 Å². The van der Waals surface area contributed by atoms with E-state index in [0.29, 0.717) is 0 Å². The molecule has 0 spiro atoms. The van der Waals surface area contributed by atoms with Gasteiger partial charge in [0, 0.05) is 0 Å². The Labute approximate surface area is 381 Å². The number of aliphatic hydroxyl groups is 1. The molecular formula is C60H98O. The van der Waals surface area contributed by atoms with Crippen LogP contribution >= 0.6 is 0 Å². The second kappa shape index (κ2) is 38.5.